The second kappa shape index (κ2) is 8.14. The van der Waals surface area contributed by atoms with Crippen molar-refractivity contribution in [3.8, 4) is 0 Å². The predicted molar refractivity (Wildman–Crippen MR) is 109 cm³/mol. The van der Waals surface area contributed by atoms with Crippen molar-refractivity contribution in [3.05, 3.63) is 0 Å². The van der Waals surface area contributed by atoms with Crippen LogP contribution in [0.2, 0.25) is 0 Å². The summed E-state index contributed by atoms with van der Waals surface area (Å²) in [7, 11) is 0. The molecule has 3 aliphatic rings. The van der Waals surface area contributed by atoms with Crippen molar-refractivity contribution in [2.24, 2.45) is 11.3 Å². The normalized spacial score (nSPS) is 46.2. The maximum Gasteiger partial charge on any atom is 0.174 e. The zero-order valence-electron chi connectivity index (χ0n) is 19.0. The summed E-state index contributed by atoms with van der Waals surface area (Å²) in [5.41, 5.74) is -1.08. The molecular weight excluding hydrogens is 354 g/mol. The molecule has 0 amide bonds. The van der Waals surface area contributed by atoms with Crippen LogP contribution in [0.4, 0.5) is 0 Å². The molecule has 2 saturated heterocycles. The molecule has 1 saturated carbocycles. The van der Waals surface area contributed by atoms with Crippen molar-refractivity contribution in [1.82, 2.24) is 5.06 Å². The van der Waals surface area contributed by atoms with Crippen LogP contribution in [0.25, 0.3) is 0 Å². The van der Waals surface area contributed by atoms with Gasteiger partial charge in [-0.25, -0.2) is 0 Å². The number of rotatable bonds is 5. The Morgan fingerprint density at radius 2 is 1.61 bits per heavy atom. The topological polar surface area (TPSA) is 50.8 Å². The molecule has 5 nitrogen and oxygen atoms in total. The standard InChI is InChI=1S/C23H42NO4/c1-7-21(5)14-23(18(3)22(6,8-2)24(21)25)27-16-20(4,17-28-23)15-26-19-12-10-9-11-13-19/h18-19H,7-17H2,1-6H3. The van der Waals surface area contributed by atoms with Crippen LogP contribution < -0.4 is 0 Å². The molecule has 0 aromatic heterocycles. The van der Waals surface area contributed by atoms with Crippen LogP contribution in [-0.2, 0) is 19.4 Å². The first-order valence-corrected chi connectivity index (χ1v) is 11.5. The van der Waals surface area contributed by atoms with E-state index >= 15 is 0 Å². The summed E-state index contributed by atoms with van der Waals surface area (Å²) in [4.78, 5) is 0. The molecule has 163 valence electrons. The van der Waals surface area contributed by atoms with Gasteiger partial charge in [-0.05, 0) is 39.5 Å². The molecule has 1 aliphatic carbocycles. The average Bonchev–Trinajstić information content (AvgIpc) is 2.72. The van der Waals surface area contributed by atoms with E-state index in [-0.39, 0.29) is 11.3 Å². The van der Waals surface area contributed by atoms with Gasteiger partial charge in [0.15, 0.2) is 5.79 Å². The molecule has 0 bridgehead atoms. The molecule has 2 aliphatic heterocycles. The molecule has 5 heteroatoms. The van der Waals surface area contributed by atoms with Gasteiger partial charge in [0, 0.05) is 17.8 Å². The minimum Gasteiger partial charge on any atom is -0.377 e. The van der Waals surface area contributed by atoms with Crippen LogP contribution in [0.1, 0.15) is 92.9 Å². The number of hydroxylamine groups is 2. The molecule has 0 aromatic rings. The van der Waals surface area contributed by atoms with E-state index in [9.17, 15) is 5.21 Å². The maximum atomic E-state index is 13.3. The first-order valence-electron chi connectivity index (χ1n) is 11.5. The van der Waals surface area contributed by atoms with Gasteiger partial charge < -0.3 is 14.2 Å². The van der Waals surface area contributed by atoms with Gasteiger partial charge in [-0.15, -0.1) is 10.3 Å². The van der Waals surface area contributed by atoms with Crippen molar-refractivity contribution in [1.29, 1.82) is 0 Å². The van der Waals surface area contributed by atoms with Gasteiger partial charge in [0.2, 0.25) is 0 Å². The molecule has 1 spiro atoms. The van der Waals surface area contributed by atoms with Crippen LogP contribution in [0.15, 0.2) is 0 Å². The van der Waals surface area contributed by atoms with E-state index in [1.54, 1.807) is 0 Å². The van der Waals surface area contributed by atoms with Crippen molar-refractivity contribution in [3.63, 3.8) is 0 Å². The molecule has 3 fully saturated rings. The highest BCUT2D eigenvalue weighted by Gasteiger charge is 2.63. The lowest BCUT2D eigenvalue weighted by Crippen LogP contribution is -2.72. The Bertz CT molecular complexity index is 527. The van der Waals surface area contributed by atoms with Crippen LogP contribution >= 0.6 is 0 Å². The van der Waals surface area contributed by atoms with E-state index in [0.29, 0.717) is 32.3 Å². The molecule has 0 N–H and O–H groups in total. The molecule has 1 radical (unpaired) electrons. The summed E-state index contributed by atoms with van der Waals surface area (Å²) >= 11 is 0. The Hall–Kier alpha value is -0.200. The Morgan fingerprint density at radius 1 is 1.00 bits per heavy atom. The second-order valence-electron chi connectivity index (χ2n) is 10.5. The quantitative estimate of drug-likeness (QED) is 0.648. The number of ether oxygens (including phenoxy) is 3. The van der Waals surface area contributed by atoms with Crippen LogP contribution in [-0.4, -0.2) is 47.9 Å². The van der Waals surface area contributed by atoms with Crippen molar-refractivity contribution < 1.29 is 19.4 Å². The lowest BCUT2D eigenvalue weighted by molar-refractivity contribution is -0.414. The van der Waals surface area contributed by atoms with Gasteiger partial charge in [-0.1, -0.05) is 47.0 Å². The summed E-state index contributed by atoms with van der Waals surface area (Å²) < 4.78 is 19.3. The zero-order chi connectivity index (χ0) is 20.6. The van der Waals surface area contributed by atoms with Crippen LogP contribution in [0.3, 0.4) is 0 Å². The molecule has 3 rings (SSSR count). The molecule has 28 heavy (non-hydrogen) atoms. The Labute approximate surface area is 172 Å². The molecule has 2 heterocycles. The first kappa shape index (κ1) is 22.5. The van der Waals surface area contributed by atoms with Gasteiger partial charge in [-0.3, -0.25) is 0 Å². The Morgan fingerprint density at radius 3 is 2.14 bits per heavy atom. The monoisotopic (exact) mass is 396 g/mol. The summed E-state index contributed by atoms with van der Waals surface area (Å²) in [5.74, 6) is -0.674. The average molecular weight is 397 g/mol. The number of piperidine rings is 1. The van der Waals surface area contributed by atoms with Gasteiger partial charge in [0.25, 0.3) is 0 Å². The number of hydrogen-bond donors (Lipinski definition) is 0. The van der Waals surface area contributed by atoms with Gasteiger partial charge in [0.1, 0.15) is 0 Å². The van der Waals surface area contributed by atoms with E-state index in [1.165, 1.54) is 37.2 Å². The lowest BCUT2D eigenvalue weighted by atomic mass is 9.67. The lowest BCUT2D eigenvalue weighted by Gasteiger charge is -2.62. The SMILES string of the molecule is CCC1(C)CC2(OCC(C)(COC3CCCCC3)CO2)C(C)C(C)(CC)N1[O]. The Balaban J connectivity index is 1.69. The van der Waals surface area contributed by atoms with Gasteiger partial charge in [-0.2, -0.15) is 0 Å². The van der Waals surface area contributed by atoms with Crippen molar-refractivity contribution in [2.75, 3.05) is 19.8 Å². The number of nitrogens with zero attached hydrogens (tertiary/aromatic N) is 1. The van der Waals surface area contributed by atoms with Crippen molar-refractivity contribution in [2.45, 2.75) is 116 Å². The largest absolute Gasteiger partial charge is 0.377 e. The van der Waals surface area contributed by atoms with Crippen LogP contribution in [0, 0.1) is 11.3 Å². The fourth-order valence-electron chi connectivity index (χ4n) is 5.40. The van der Waals surface area contributed by atoms with E-state index in [4.69, 9.17) is 14.2 Å². The van der Waals surface area contributed by atoms with Gasteiger partial charge >= 0.3 is 0 Å². The molecular formula is C23H42NO4. The summed E-state index contributed by atoms with van der Waals surface area (Å²) in [6, 6.07) is 0. The van der Waals surface area contributed by atoms with E-state index in [2.05, 4.69) is 41.5 Å². The predicted octanol–water partition coefficient (Wildman–Crippen LogP) is 5.11. The number of hydrogen-bond acceptors (Lipinski definition) is 4. The van der Waals surface area contributed by atoms with E-state index in [1.807, 2.05) is 0 Å². The smallest absolute Gasteiger partial charge is 0.174 e. The van der Waals surface area contributed by atoms with E-state index < -0.39 is 16.9 Å². The molecule has 3 atom stereocenters. The fraction of sp³-hybridized carbons (Fsp3) is 1.00. The Kier molecular flexibility index (Phi) is 6.54. The maximum absolute atomic E-state index is 13.3. The summed E-state index contributed by atoms with van der Waals surface area (Å²) in [5, 5.41) is 14.6. The molecule has 0 aromatic carbocycles. The van der Waals surface area contributed by atoms with Crippen LogP contribution in [0.5, 0.6) is 0 Å². The molecule has 3 unspecified atom stereocenters. The zero-order valence-corrected chi connectivity index (χ0v) is 19.0. The fourth-order valence-corrected chi connectivity index (χ4v) is 5.40. The summed E-state index contributed by atoms with van der Waals surface area (Å²) in [6.07, 6.45) is 8.86. The first-order chi connectivity index (χ1) is 13.1. The third-order valence-corrected chi connectivity index (χ3v) is 8.20. The minimum absolute atomic E-state index is 0.00550. The second-order valence-corrected chi connectivity index (χ2v) is 10.5. The van der Waals surface area contributed by atoms with Gasteiger partial charge in [0.05, 0.1) is 37.0 Å². The third-order valence-electron chi connectivity index (χ3n) is 8.20. The highest BCUT2D eigenvalue weighted by molar-refractivity contribution is 5.08. The third kappa shape index (κ3) is 3.90. The highest BCUT2D eigenvalue weighted by atomic mass is 16.7. The minimum atomic E-state index is -0.680. The van der Waals surface area contributed by atoms with Crippen molar-refractivity contribution >= 4 is 0 Å². The summed E-state index contributed by atoms with van der Waals surface area (Å²) in [6.45, 7) is 14.6. The highest BCUT2D eigenvalue weighted by Crippen LogP contribution is 2.53. The van der Waals surface area contributed by atoms with E-state index in [0.717, 1.165) is 12.8 Å².